The monoisotopic (exact) mass is 817 g/mol. The standard InChI is InChI=1S/C40H50F3N5O8S/c1-23(2)21-47(36(52)53)29-14-9-7-5-6-8-11-25-19-39(25,35(51)46-57(54,55)37(4)17-18-37)45-33(49)30-20-38(22-48(30)34(29)50)16-15-27-26-12-10-13-28(40(41,42)43)31(26)44-24(3)32(27)56-38/h8,10-13,23,25,29-30H,5-7,9,14-22H2,1-4H3,(H,45,49)(H,46,51)(H,52,53)/b11-8-/t25-,29+,30+,38-,39-/m1/s1. The van der Waals surface area contributed by atoms with Crippen molar-refractivity contribution in [1.82, 2.24) is 24.8 Å². The predicted octanol–water partition coefficient (Wildman–Crippen LogP) is 5.63. The Hall–Kier alpha value is -4.41. The van der Waals surface area contributed by atoms with E-state index < -0.39 is 79.5 Å². The van der Waals surface area contributed by atoms with Crippen molar-refractivity contribution in [3.8, 4) is 5.75 Å². The summed E-state index contributed by atoms with van der Waals surface area (Å²) in [6.45, 7) is 6.68. The van der Waals surface area contributed by atoms with Crippen LogP contribution in [0.1, 0.15) is 102 Å². The van der Waals surface area contributed by atoms with Crippen LogP contribution in [0.15, 0.2) is 30.4 Å². The van der Waals surface area contributed by atoms with Gasteiger partial charge in [0.05, 0.1) is 28.1 Å². The Bertz CT molecular complexity index is 2140. The maximum absolute atomic E-state index is 14.9. The highest BCUT2D eigenvalue weighted by Crippen LogP contribution is 2.49. The number of carbonyl (C=O) groups excluding carboxylic acids is 3. The summed E-state index contributed by atoms with van der Waals surface area (Å²) in [5, 5.41) is 13.5. The normalized spacial score (nSPS) is 29.3. The zero-order valence-electron chi connectivity index (χ0n) is 32.6. The van der Waals surface area contributed by atoms with Crippen molar-refractivity contribution in [3.05, 3.63) is 47.2 Å². The number of aromatic nitrogens is 1. The van der Waals surface area contributed by atoms with Crippen molar-refractivity contribution in [1.29, 1.82) is 0 Å². The molecule has 13 nitrogen and oxygen atoms in total. The van der Waals surface area contributed by atoms with Crippen LogP contribution in [0.4, 0.5) is 18.0 Å². The molecule has 1 aromatic carbocycles. The molecule has 0 bridgehead atoms. The van der Waals surface area contributed by atoms with Crippen molar-refractivity contribution in [3.63, 3.8) is 0 Å². The second-order valence-corrected chi connectivity index (χ2v) is 19.4. The van der Waals surface area contributed by atoms with Gasteiger partial charge in [-0.3, -0.25) is 24.0 Å². The molecule has 4 amide bonds. The molecule has 1 saturated heterocycles. The summed E-state index contributed by atoms with van der Waals surface area (Å²) in [7, 11) is -4.06. The summed E-state index contributed by atoms with van der Waals surface area (Å²) in [6.07, 6.45) is 1.80. The fourth-order valence-corrected chi connectivity index (χ4v) is 10.1. The van der Waals surface area contributed by atoms with Crippen molar-refractivity contribution >= 4 is 44.7 Å². The number of allylic oxidation sites excluding steroid dienone is 1. The molecular formula is C40H50F3N5O8S. The first-order chi connectivity index (χ1) is 26.7. The Kier molecular flexibility index (Phi) is 10.3. The molecule has 0 radical (unpaired) electrons. The minimum atomic E-state index is -4.64. The number of sulfonamides is 1. The average molecular weight is 818 g/mol. The Morgan fingerprint density at radius 1 is 1.14 bits per heavy atom. The van der Waals surface area contributed by atoms with E-state index in [2.05, 4.69) is 15.0 Å². The van der Waals surface area contributed by atoms with Crippen molar-refractivity contribution < 1.29 is 50.6 Å². The number of halogens is 3. The highest BCUT2D eigenvalue weighted by molar-refractivity contribution is 7.91. The first-order valence-corrected chi connectivity index (χ1v) is 21.2. The lowest BCUT2D eigenvalue weighted by molar-refractivity contribution is -0.143. The minimum absolute atomic E-state index is 0.0599. The maximum Gasteiger partial charge on any atom is 0.418 e. The summed E-state index contributed by atoms with van der Waals surface area (Å²) in [5.41, 5.74) is -3.19. The van der Waals surface area contributed by atoms with Gasteiger partial charge in [0.1, 0.15) is 29.0 Å². The van der Waals surface area contributed by atoms with E-state index in [9.17, 15) is 45.9 Å². The number of benzene rings is 1. The summed E-state index contributed by atoms with van der Waals surface area (Å²) in [6, 6.07) is 1.44. The highest BCUT2D eigenvalue weighted by Gasteiger charge is 2.64. The van der Waals surface area contributed by atoms with Crippen LogP contribution in [-0.2, 0) is 37.0 Å². The number of fused-ring (bicyclic) bond motifs is 5. The average Bonchev–Trinajstić information content (AvgIpc) is 4.02. The number of ether oxygens (including phenoxy) is 1. The molecule has 2 aromatic rings. The lowest BCUT2D eigenvalue weighted by atomic mass is 9.86. The van der Waals surface area contributed by atoms with Crippen LogP contribution in [0.25, 0.3) is 10.9 Å². The molecule has 1 spiro atoms. The van der Waals surface area contributed by atoms with E-state index >= 15 is 0 Å². The zero-order valence-corrected chi connectivity index (χ0v) is 33.4. The Morgan fingerprint density at radius 3 is 2.54 bits per heavy atom. The number of pyridine rings is 1. The summed E-state index contributed by atoms with van der Waals surface area (Å²) in [4.78, 5) is 63.0. The molecule has 0 unspecified atom stereocenters. The number of aryl methyl sites for hydroxylation is 2. The van der Waals surface area contributed by atoms with Crippen LogP contribution in [0.2, 0.25) is 0 Å². The van der Waals surface area contributed by atoms with E-state index in [-0.39, 0.29) is 73.5 Å². The molecule has 2 aliphatic carbocycles. The Labute approximate surface area is 329 Å². The molecule has 3 N–H and O–H groups in total. The van der Waals surface area contributed by atoms with E-state index in [0.29, 0.717) is 37.7 Å². The van der Waals surface area contributed by atoms with Gasteiger partial charge in [-0.25, -0.2) is 18.2 Å². The smallest absolute Gasteiger partial charge is 0.418 e. The molecular weight excluding hydrogens is 768 g/mol. The lowest BCUT2D eigenvalue weighted by Crippen LogP contribution is -2.59. The first kappa shape index (κ1) is 40.8. The third-order valence-electron chi connectivity index (χ3n) is 12.5. The number of rotatable bonds is 6. The number of nitrogens with one attached hydrogen (secondary N) is 2. The van der Waals surface area contributed by atoms with Crippen LogP contribution in [0, 0.1) is 18.8 Å². The van der Waals surface area contributed by atoms with Crippen molar-refractivity contribution in [2.75, 3.05) is 13.1 Å². The van der Waals surface area contributed by atoms with Crippen molar-refractivity contribution in [2.24, 2.45) is 11.8 Å². The molecule has 2 saturated carbocycles. The Balaban J connectivity index is 1.27. The maximum atomic E-state index is 14.9. The van der Waals surface area contributed by atoms with E-state index in [1.807, 2.05) is 26.0 Å². The molecule has 5 aliphatic rings. The molecule has 1 aromatic heterocycles. The lowest BCUT2D eigenvalue weighted by Gasteiger charge is -2.37. The number of hydrogen-bond donors (Lipinski definition) is 3. The van der Waals surface area contributed by atoms with Crippen LogP contribution < -0.4 is 14.8 Å². The number of hydrogen-bond acceptors (Lipinski definition) is 8. The van der Waals surface area contributed by atoms with Gasteiger partial charge in [-0.05, 0) is 77.2 Å². The van der Waals surface area contributed by atoms with E-state index in [1.54, 1.807) is 19.9 Å². The molecule has 310 valence electrons. The van der Waals surface area contributed by atoms with Crippen LogP contribution in [0.3, 0.4) is 0 Å². The van der Waals surface area contributed by atoms with Gasteiger partial charge < -0.3 is 20.1 Å². The first-order valence-electron chi connectivity index (χ1n) is 19.7. The fraction of sp³-hybridized carbons (Fsp3) is 0.625. The Morgan fingerprint density at radius 2 is 1.88 bits per heavy atom. The molecule has 4 heterocycles. The second-order valence-electron chi connectivity index (χ2n) is 17.2. The third-order valence-corrected chi connectivity index (χ3v) is 14.6. The molecule has 3 aliphatic heterocycles. The van der Waals surface area contributed by atoms with Gasteiger partial charge in [0, 0.05) is 29.8 Å². The molecule has 57 heavy (non-hydrogen) atoms. The van der Waals surface area contributed by atoms with E-state index in [0.717, 1.165) is 17.4 Å². The number of nitrogens with zero attached hydrogens (tertiary/aromatic N) is 3. The summed E-state index contributed by atoms with van der Waals surface area (Å²) < 4.78 is 76.3. The van der Waals surface area contributed by atoms with Gasteiger partial charge >= 0.3 is 12.3 Å². The number of amides is 4. The number of para-hydroxylation sites is 1. The van der Waals surface area contributed by atoms with Crippen LogP contribution in [0.5, 0.6) is 5.75 Å². The van der Waals surface area contributed by atoms with E-state index in [1.165, 1.54) is 11.0 Å². The van der Waals surface area contributed by atoms with Crippen LogP contribution >= 0.6 is 0 Å². The topological polar surface area (TPSA) is 175 Å². The third kappa shape index (κ3) is 7.55. The van der Waals surface area contributed by atoms with Crippen LogP contribution in [-0.4, -0.2) is 93.2 Å². The molecule has 17 heteroatoms. The number of carboxylic acid groups (broad SMARTS) is 1. The SMILES string of the molecule is Cc1nc2c(C(F)(F)F)cccc2c2c1O[C@]1(CC2)C[C@H]2C(=O)N[C@]3(C(=O)NS(=O)(=O)C4(C)CC4)C[C@H]3/C=C\CCCCC[C@H](N(CC(C)C)C(=O)O)C(=O)N2C1. The van der Waals surface area contributed by atoms with Gasteiger partial charge in [0.25, 0.3) is 5.91 Å². The quantitative estimate of drug-likeness (QED) is 0.313. The molecule has 5 atom stereocenters. The second kappa shape index (κ2) is 14.5. The van der Waals surface area contributed by atoms with Gasteiger partial charge in [0.15, 0.2) is 0 Å². The molecule has 7 rings (SSSR count). The van der Waals surface area contributed by atoms with Gasteiger partial charge in [0.2, 0.25) is 21.8 Å². The largest absolute Gasteiger partial charge is 0.483 e. The van der Waals surface area contributed by atoms with Gasteiger partial charge in [-0.2, -0.15) is 13.2 Å². The highest BCUT2D eigenvalue weighted by atomic mass is 32.2. The van der Waals surface area contributed by atoms with Gasteiger partial charge in [-0.15, -0.1) is 0 Å². The number of carbonyl (C=O) groups is 4. The zero-order chi connectivity index (χ0) is 41.3. The minimum Gasteiger partial charge on any atom is -0.483 e. The summed E-state index contributed by atoms with van der Waals surface area (Å²) in [5.74, 6) is -2.57. The fourth-order valence-electron chi connectivity index (χ4n) is 8.81. The summed E-state index contributed by atoms with van der Waals surface area (Å²) >= 11 is 0. The van der Waals surface area contributed by atoms with E-state index in [4.69, 9.17) is 4.74 Å². The van der Waals surface area contributed by atoms with Crippen molar-refractivity contribution in [2.45, 2.75) is 132 Å². The van der Waals surface area contributed by atoms with Gasteiger partial charge in [-0.1, -0.05) is 51.0 Å². The molecule has 3 fully saturated rings. The number of alkyl halides is 3. The predicted molar refractivity (Wildman–Crippen MR) is 203 cm³/mol.